The summed E-state index contributed by atoms with van der Waals surface area (Å²) >= 11 is 3.29. The molecule has 1 aliphatic rings. The van der Waals surface area contributed by atoms with Crippen LogP contribution in [0.5, 0.6) is 0 Å². The quantitative estimate of drug-likeness (QED) is 0.743. The summed E-state index contributed by atoms with van der Waals surface area (Å²) in [5, 5.41) is 0.833. The van der Waals surface area contributed by atoms with Crippen LogP contribution in [-0.2, 0) is 10.0 Å². The first-order valence-corrected chi connectivity index (χ1v) is 7.37. The molecular formula is C8H16BrNO2S. The monoisotopic (exact) mass is 269 g/mol. The number of hydrogen-bond acceptors (Lipinski definition) is 2. The van der Waals surface area contributed by atoms with E-state index in [1.54, 1.807) is 0 Å². The topological polar surface area (TPSA) is 46.2 Å². The maximum atomic E-state index is 11.4. The molecule has 0 bridgehead atoms. The summed E-state index contributed by atoms with van der Waals surface area (Å²) in [6.45, 7) is 1.89. The molecule has 0 heterocycles. The van der Waals surface area contributed by atoms with Crippen LogP contribution in [0, 0.1) is 5.92 Å². The summed E-state index contributed by atoms with van der Waals surface area (Å²) in [4.78, 5) is 0. The molecule has 1 saturated carbocycles. The highest BCUT2D eigenvalue weighted by Gasteiger charge is 2.28. The standard InChI is InChI=1S/C8H16BrNO2S/c1-7(4-5-9)10-13(11,12)6-8-2-3-8/h7-8,10H,2-6H2,1H3. The lowest BCUT2D eigenvalue weighted by Gasteiger charge is -2.12. The molecular weight excluding hydrogens is 254 g/mol. The Hall–Kier alpha value is 0.390. The van der Waals surface area contributed by atoms with Gasteiger partial charge in [-0.1, -0.05) is 15.9 Å². The van der Waals surface area contributed by atoms with Gasteiger partial charge < -0.3 is 0 Å². The highest BCUT2D eigenvalue weighted by molar-refractivity contribution is 9.09. The van der Waals surface area contributed by atoms with Crippen molar-refractivity contribution in [2.24, 2.45) is 5.92 Å². The molecule has 1 N–H and O–H groups in total. The average molecular weight is 270 g/mol. The Balaban J connectivity index is 2.31. The second-order valence-electron chi connectivity index (χ2n) is 3.72. The zero-order valence-electron chi connectivity index (χ0n) is 7.79. The molecule has 0 aliphatic heterocycles. The normalized spacial score (nSPS) is 20.2. The predicted molar refractivity (Wildman–Crippen MR) is 57.5 cm³/mol. The van der Waals surface area contributed by atoms with Crippen LogP contribution in [0.2, 0.25) is 0 Å². The summed E-state index contributed by atoms with van der Waals surface area (Å²) in [6, 6.07) is 0.0446. The fraction of sp³-hybridized carbons (Fsp3) is 1.00. The van der Waals surface area contributed by atoms with Gasteiger partial charge in [0, 0.05) is 11.4 Å². The van der Waals surface area contributed by atoms with Crippen molar-refractivity contribution in [3.05, 3.63) is 0 Å². The third-order valence-corrected chi connectivity index (χ3v) is 4.20. The molecule has 0 amide bonds. The van der Waals surface area contributed by atoms with Crippen molar-refractivity contribution in [1.29, 1.82) is 0 Å². The lowest BCUT2D eigenvalue weighted by atomic mass is 10.3. The Kier molecular flexibility index (Phi) is 4.19. The van der Waals surface area contributed by atoms with Gasteiger partial charge in [0.2, 0.25) is 10.0 Å². The average Bonchev–Trinajstić information content (AvgIpc) is 2.69. The third-order valence-electron chi connectivity index (χ3n) is 2.07. The van der Waals surface area contributed by atoms with Gasteiger partial charge in [-0.15, -0.1) is 0 Å². The highest BCUT2D eigenvalue weighted by Crippen LogP contribution is 2.30. The van der Waals surface area contributed by atoms with E-state index in [0.29, 0.717) is 11.7 Å². The van der Waals surface area contributed by atoms with E-state index in [-0.39, 0.29) is 6.04 Å². The number of halogens is 1. The zero-order chi connectivity index (χ0) is 9.90. The van der Waals surface area contributed by atoms with Crippen LogP contribution in [0.15, 0.2) is 0 Å². The number of nitrogens with one attached hydrogen (secondary N) is 1. The smallest absolute Gasteiger partial charge is 0.212 e. The number of sulfonamides is 1. The van der Waals surface area contributed by atoms with Crippen LogP contribution in [0.4, 0.5) is 0 Å². The first kappa shape index (κ1) is 11.5. The number of hydrogen-bond donors (Lipinski definition) is 1. The third kappa shape index (κ3) is 4.98. The lowest BCUT2D eigenvalue weighted by molar-refractivity contribution is 0.554. The second-order valence-corrected chi connectivity index (χ2v) is 6.31. The summed E-state index contributed by atoms with van der Waals surface area (Å²) in [7, 11) is -3.01. The summed E-state index contributed by atoms with van der Waals surface area (Å²) in [5.41, 5.74) is 0. The predicted octanol–water partition coefficient (Wildman–Crippen LogP) is 1.49. The van der Waals surface area contributed by atoms with Gasteiger partial charge in [0.25, 0.3) is 0 Å². The maximum absolute atomic E-state index is 11.4. The van der Waals surface area contributed by atoms with Gasteiger partial charge >= 0.3 is 0 Å². The SMILES string of the molecule is CC(CCBr)NS(=O)(=O)CC1CC1. The molecule has 1 fully saturated rings. The van der Waals surface area contributed by atoms with Gasteiger partial charge in [-0.05, 0) is 32.1 Å². The van der Waals surface area contributed by atoms with Crippen LogP contribution < -0.4 is 4.72 Å². The van der Waals surface area contributed by atoms with E-state index >= 15 is 0 Å². The molecule has 0 saturated heterocycles. The van der Waals surface area contributed by atoms with Crippen LogP contribution in [-0.4, -0.2) is 25.5 Å². The minimum absolute atomic E-state index is 0.0446. The van der Waals surface area contributed by atoms with Gasteiger partial charge in [-0.2, -0.15) is 0 Å². The molecule has 13 heavy (non-hydrogen) atoms. The molecule has 78 valence electrons. The van der Waals surface area contributed by atoms with E-state index in [9.17, 15) is 8.42 Å². The summed E-state index contributed by atoms with van der Waals surface area (Å²) in [5.74, 6) is 0.744. The minimum atomic E-state index is -3.01. The van der Waals surface area contributed by atoms with E-state index in [4.69, 9.17) is 0 Å². The summed E-state index contributed by atoms with van der Waals surface area (Å²) in [6.07, 6.45) is 2.99. The first-order chi connectivity index (χ1) is 6.03. The maximum Gasteiger partial charge on any atom is 0.212 e. The van der Waals surface area contributed by atoms with Gasteiger partial charge in [0.05, 0.1) is 5.75 Å². The van der Waals surface area contributed by atoms with Crippen LogP contribution in [0.3, 0.4) is 0 Å². The van der Waals surface area contributed by atoms with Crippen LogP contribution in [0.1, 0.15) is 26.2 Å². The van der Waals surface area contributed by atoms with Crippen LogP contribution in [0.25, 0.3) is 0 Å². The number of rotatable bonds is 6. The molecule has 1 atom stereocenters. The van der Waals surface area contributed by atoms with E-state index in [1.165, 1.54) is 0 Å². The van der Waals surface area contributed by atoms with Gasteiger partial charge in [-0.25, -0.2) is 13.1 Å². The van der Waals surface area contributed by atoms with E-state index < -0.39 is 10.0 Å². The van der Waals surface area contributed by atoms with Gasteiger partial charge in [0.15, 0.2) is 0 Å². The number of alkyl halides is 1. The lowest BCUT2D eigenvalue weighted by Crippen LogP contribution is -2.35. The van der Waals surface area contributed by atoms with Crippen molar-refractivity contribution in [2.75, 3.05) is 11.1 Å². The molecule has 1 unspecified atom stereocenters. The zero-order valence-corrected chi connectivity index (χ0v) is 10.2. The Morgan fingerprint density at radius 2 is 2.15 bits per heavy atom. The first-order valence-electron chi connectivity index (χ1n) is 4.59. The van der Waals surface area contributed by atoms with Crippen molar-refractivity contribution in [3.63, 3.8) is 0 Å². The van der Waals surface area contributed by atoms with Crippen molar-refractivity contribution in [3.8, 4) is 0 Å². The van der Waals surface area contributed by atoms with Gasteiger partial charge in [0.1, 0.15) is 0 Å². The Labute approximate surface area is 88.5 Å². The largest absolute Gasteiger partial charge is 0.212 e. The molecule has 0 spiro atoms. The molecule has 3 nitrogen and oxygen atoms in total. The molecule has 1 aliphatic carbocycles. The highest BCUT2D eigenvalue weighted by atomic mass is 79.9. The Bertz CT molecular complexity index is 249. The molecule has 0 aromatic heterocycles. The van der Waals surface area contributed by atoms with Crippen molar-refractivity contribution >= 4 is 26.0 Å². The Morgan fingerprint density at radius 3 is 2.62 bits per heavy atom. The van der Waals surface area contributed by atoms with Gasteiger partial charge in [-0.3, -0.25) is 0 Å². The molecule has 0 radical (unpaired) electrons. The van der Waals surface area contributed by atoms with Crippen molar-refractivity contribution in [2.45, 2.75) is 32.2 Å². The van der Waals surface area contributed by atoms with E-state index in [1.807, 2.05) is 6.92 Å². The fourth-order valence-corrected chi connectivity index (χ4v) is 3.64. The van der Waals surface area contributed by atoms with Crippen molar-refractivity contribution < 1.29 is 8.42 Å². The van der Waals surface area contributed by atoms with Crippen molar-refractivity contribution in [1.82, 2.24) is 4.72 Å². The van der Waals surface area contributed by atoms with Crippen LogP contribution >= 0.6 is 15.9 Å². The van der Waals surface area contributed by atoms with E-state index in [2.05, 4.69) is 20.7 Å². The summed E-state index contributed by atoms with van der Waals surface area (Å²) < 4.78 is 25.6. The fourth-order valence-electron chi connectivity index (χ4n) is 1.17. The second kappa shape index (κ2) is 4.75. The molecule has 5 heteroatoms. The molecule has 0 aromatic rings. The van der Waals surface area contributed by atoms with E-state index in [0.717, 1.165) is 24.6 Å². The Morgan fingerprint density at radius 1 is 1.54 bits per heavy atom. The minimum Gasteiger partial charge on any atom is -0.212 e. The molecule has 1 rings (SSSR count). The molecule has 0 aromatic carbocycles.